The number of hydrogen-bond acceptors (Lipinski definition) is 4. The third-order valence-electron chi connectivity index (χ3n) is 4.03. The van der Waals surface area contributed by atoms with E-state index in [2.05, 4.69) is 20.2 Å². The zero-order valence-electron chi connectivity index (χ0n) is 14.2. The van der Waals surface area contributed by atoms with Crippen LogP contribution in [0, 0.1) is 6.92 Å². The first-order chi connectivity index (χ1) is 12.1. The van der Waals surface area contributed by atoms with Crippen LogP contribution in [0.5, 0.6) is 0 Å². The Morgan fingerprint density at radius 3 is 2.68 bits per heavy atom. The average Bonchev–Trinajstić information content (AvgIpc) is 3.14. The first-order valence-corrected chi connectivity index (χ1v) is 8.79. The molecule has 1 aliphatic heterocycles. The molecule has 1 amide bonds. The van der Waals surface area contributed by atoms with Gasteiger partial charge in [0.25, 0.3) is 0 Å². The number of benzene rings is 1. The summed E-state index contributed by atoms with van der Waals surface area (Å²) in [6.45, 7) is 4.33. The van der Waals surface area contributed by atoms with Crippen molar-refractivity contribution in [1.82, 2.24) is 15.3 Å². The van der Waals surface area contributed by atoms with Crippen LogP contribution in [0.4, 0.5) is 5.82 Å². The number of anilines is 1. The summed E-state index contributed by atoms with van der Waals surface area (Å²) < 4.78 is 0. The van der Waals surface area contributed by atoms with Crippen molar-refractivity contribution in [3.63, 3.8) is 0 Å². The Kier molecular flexibility index (Phi) is 5.66. The summed E-state index contributed by atoms with van der Waals surface area (Å²) in [5.41, 5.74) is 1.83. The second-order valence-corrected chi connectivity index (χ2v) is 6.52. The predicted molar refractivity (Wildman–Crippen MR) is 101 cm³/mol. The van der Waals surface area contributed by atoms with Crippen LogP contribution in [-0.4, -0.2) is 29.0 Å². The molecule has 0 spiro atoms. The quantitative estimate of drug-likeness (QED) is 0.834. The third kappa shape index (κ3) is 5.03. The smallest absolute Gasteiger partial charge is 0.244 e. The van der Waals surface area contributed by atoms with Gasteiger partial charge in [-0.15, -0.1) is 0 Å². The molecule has 1 N–H and O–H groups in total. The molecule has 2 aromatic rings. The van der Waals surface area contributed by atoms with Gasteiger partial charge in [0, 0.05) is 35.9 Å². The second-order valence-electron chi connectivity index (χ2n) is 6.08. The highest BCUT2D eigenvalue weighted by atomic mass is 35.5. The zero-order valence-corrected chi connectivity index (χ0v) is 15.0. The molecule has 1 aromatic carbocycles. The Morgan fingerprint density at radius 1 is 1.24 bits per heavy atom. The molecule has 130 valence electrons. The minimum Gasteiger partial charge on any atom is -0.357 e. The molecule has 0 unspecified atom stereocenters. The highest BCUT2D eigenvalue weighted by Gasteiger charge is 2.15. The highest BCUT2D eigenvalue weighted by Crippen LogP contribution is 2.18. The maximum atomic E-state index is 12.0. The van der Waals surface area contributed by atoms with Crippen molar-refractivity contribution in [2.45, 2.75) is 26.3 Å². The molecular weight excluding hydrogens is 336 g/mol. The fourth-order valence-corrected chi connectivity index (χ4v) is 2.90. The van der Waals surface area contributed by atoms with Gasteiger partial charge < -0.3 is 10.2 Å². The number of carbonyl (C=O) groups is 1. The number of carbonyl (C=O) groups excluding carboxylic acids is 1. The van der Waals surface area contributed by atoms with Crippen LogP contribution in [0.2, 0.25) is 5.02 Å². The van der Waals surface area contributed by atoms with E-state index >= 15 is 0 Å². The second kappa shape index (κ2) is 8.12. The molecule has 1 aromatic heterocycles. The molecule has 6 heteroatoms. The number of nitrogens with zero attached hydrogens (tertiary/aromatic N) is 3. The Labute approximate surface area is 152 Å². The number of halogens is 1. The van der Waals surface area contributed by atoms with Gasteiger partial charge in [0.1, 0.15) is 11.6 Å². The van der Waals surface area contributed by atoms with Crippen LogP contribution in [-0.2, 0) is 11.3 Å². The summed E-state index contributed by atoms with van der Waals surface area (Å²) in [7, 11) is 0. The van der Waals surface area contributed by atoms with Gasteiger partial charge >= 0.3 is 0 Å². The summed E-state index contributed by atoms with van der Waals surface area (Å²) >= 11 is 5.84. The SMILES string of the molecule is Cc1cc(N2CCCC2)nc(CNC(=O)/C=C/c2ccc(Cl)cc2)n1. The number of amides is 1. The van der Waals surface area contributed by atoms with Gasteiger partial charge in [0.15, 0.2) is 0 Å². The standard InChI is InChI=1S/C19H21ClN4O/c1-14-12-18(24-10-2-3-11-24)23-17(22-14)13-21-19(25)9-6-15-4-7-16(20)8-5-15/h4-9,12H,2-3,10-11,13H2,1H3,(H,21,25)/b9-6+. The first kappa shape index (κ1) is 17.4. The van der Waals surface area contributed by atoms with Crippen molar-refractivity contribution in [3.8, 4) is 0 Å². The molecule has 1 fully saturated rings. The van der Waals surface area contributed by atoms with E-state index in [9.17, 15) is 4.79 Å². The van der Waals surface area contributed by atoms with Crippen LogP contribution in [0.3, 0.4) is 0 Å². The summed E-state index contributed by atoms with van der Waals surface area (Å²) in [6, 6.07) is 9.30. The minimum atomic E-state index is -0.178. The van der Waals surface area contributed by atoms with Gasteiger partial charge in [0.05, 0.1) is 6.54 Å². The molecule has 1 saturated heterocycles. The Morgan fingerprint density at radius 2 is 1.96 bits per heavy atom. The highest BCUT2D eigenvalue weighted by molar-refractivity contribution is 6.30. The van der Waals surface area contributed by atoms with E-state index in [0.717, 1.165) is 30.2 Å². The first-order valence-electron chi connectivity index (χ1n) is 8.41. The van der Waals surface area contributed by atoms with Gasteiger partial charge in [-0.3, -0.25) is 4.79 Å². The Balaban J connectivity index is 1.59. The molecule has 0 radical (unpaired) electrons. The molecule has 0 atom stereocenters. The van der Waals surface area contributed by atoms with E-state index in [-0.39, 0.29) is 5.91 Å². The van der Waals surface area contributed by atoms with Crippen LogP contribution in [0.15, 0.2) is 36.4 Å². The summed E-state index contributed by atoms with van der Waals surface area (Å²) in [4.78, 5) is 23.2. The number of aryl methyl sites for hydroxylation is 1. The van der Waals surface area contributed by atoms with Crippen LogP contribution < -0.4 is 10.2 Å². The summed E-state index contributed by atoms with van der Waals surface area (Å²) in [6.07, 6.45) is 5.65. The fraction of sp³-hybridized carbons (Fsp3) is 0.316. The Bertz CT molecular complexity index is 767. The molecule has 5 nitrogen and oxygen atoms in total. The van der Waals surface area contributed by atoms with Crippen LogP contribution in [0.25, 0.3) is 6.08 Å². The minimum absolute atomic E-state index is 0.178. The largest absolute Gasteiger partial charge is 0.357 e. The van der Waals surface area contributed by atoms with Gasteiger partial charge in [-0.2, -0.15) is 0 Å². The van der Waals surface area contributed by atoms with E-state index in [1.54, 1.807) is 18.2 Å². The maximum Gasteiger partial charge on any atom is 0.244 e. The van der Waals surface area contributed by atoms with E-state index in [0.29, 0.717) is 17.4 Å². The van der Waals surface area contributed by atoms with Gasteiger partial charge in [-0.25, -0.2) is 9.97 Å². The van der Waals surface area contributed by atoms with Gasteiger partial charge in [-0.1, -0.05) is 23.7 Å². The van der Waals surface area contributed by atoms with Crippen LogP contribution >= 0.6 is 11.6 Å². The zero-order chi connectivity index (χ0) is 17.6. The molecule has 25 heavy (non-hydrogen) atoms. The summed E-state index contributed by atoms with van der Waals surface area (Å²) in [5.74, 6) is 1.41. The van der Waals surface area contributed by atoms with E-state index in [1.165, 1.54) is 18.9 Å². The average molecular weight is 357 g/mol. The lowest BCUT2D eigenvalue weighted by Gasteiger charge is -2.17. The van der Waals surface area contributed by atoms with Crippen molar-refractivity contribution in [2.24, 2.45) is 0 Å². The molecular formula is C19H21ClN4O. The molecule has 0 bridgehead atoms. The van der Waals surface area contributed by atoms with Crippen LogP contribution in [0.1, 0.15) is 29.9 Å². The fourth-order valence-electron chi connectivity index (χ4n) is 2.77. The molecule has 0 aliphatic carbocycles. The monoisotopic (exact) mass is 356 g/mol. The number of hydrogen-bond donors (Lipinski definition) is 1. The van der Waals surface area contributed by atoms with E-state index in [1.807, 2.05) is 25.1 Å². The molecule has 3 rings (SSSR count). The van der Waals surface area contributed by atoms with Crippen molar-refractivity contribution < 1.29 is 4.79 Å². The third-order valence-corrected chi connectivity index (χ3v) is 4.29. The maximum absolute atomic E-state index is 12.0. The number of aromatic nitrogens is 2. The van der Waals surface area contributed by atoms with Crippen molar-refractivity contribution >= 4 is 29.4 Å². The normalized spacial score (nSPS) is 14.2. The lowest BCUT2D eigenvalue weighted by molar-refractivity contribution is -0.116. The topological polar surface area (TPSA) is 58.1 Å². The number of nitrogens with one attached hydrogen (secondary N) is 1. The molecule has 2 heterocycles. The lowest BCUT2D eigenvalue weighted by atomic mass is 10.2. The molecule has 0 saturated carbocycles. The van der Waals surface area contributed by atoms with Gasteiger partial charge in [0.2, 0.25) is 5.91 Å². The van der Waals surface area contributed by atoms with E-state index in [4.69, 9.17) is 11.6 Å². The Hall–Kier alpha value is -2.40. The van der Waals surface area contributed by atoms with Crippen molar-refractivity contribution in [1.29, 1.82) is 0 Å². The molecule has 1 aliphatic rings. The van der Waals surface area contributed by atoms with Gasteiger partial charge in [-0.05, 0) is 43.5 Å². The lowest BCUT2D eigenvalue weighted by Crippen LogP contribution is -2.24. The van der Waals surface area contributed by atoms with Crippen molar-refractivity contribution in [3.05, 3.63) is 58.5 Å². The number of rotatable bonds is 5. The summed E-state index contributed by atoms with van der Waals surface area (Å²) in [5, 5.41) is 3.50. The predicted octanol–water partition coefficient (Wildman–Crippen LogP) is 3.37. The van der Waals surface area contributed by atoms with Crippen molar-refractivity contribution in [2.75, 3.05) is 18.0 Å². The van der Waals surface area contributed by atoms with E-state index < -0.39 is 0 Å².